The minimum absolute atomic E-state index is 1.03. The van der Waals surface area contributed by atoms with Gasteiger partial charge in [0.05, 0.1) is 7.85 Å². The minimum atomic E-state index is 1.03. The van der Waals surface area contributed by atoms with Crippen LogP contribution in [-0.4, -0.2) is 18.5 Å². The largest absolute Gasteiger partial charge is 0.264 e. The summed E-state index contributed by atoms with van der Waals surface area (Å²) in [6.45, 7) is 11.9. The fraction of sp³-hybridized carbons (Fsp3) is 0.467. The summed E-state index contributed by atoms with van der Waals surface area (Å²) < 4.78 is 0. The first-order valence-corrected chi connectivity index (χ1v) is 6.26. The molecule has 3 heteroatoms. The van der Waals surface area contributed by atoms with Crippen molar-refractivity contribution in [2.24, 2.45) is 4.99 Å². The first-order valence-electron chi connectivity index (χ1n) is 6.26. The first kappa shape index (κ1) is 16.6. The average Bonchev–Trinajstić information content (AvgIpc) is 2.39. The number of hydrogen-bond donors (Lipinski definition) is 0. The van der Waals surface area contributed by atoms with E-state index in [0.717, 1.165) is 23.4 Å². The van der Waals surface area contributed by atoms with E-state index in [2.05, 4.69) is 44.7 Å². The number of pyridine rings is 1. The van der Waals surface area contributed by atoms with Gasteiger partial charge in [-0.3, -0.25) is 9.98 Å². The molecule has 1 rings (SSSR count). The molecular formula is C15H23BN2. The highest BCUT2D eigenvalue weighted by Crippen LogP contribution is 2.11. The summed E-state index contributed by atoms with van der Waals surface area (Å²) >= 11 is 0. The molecule has 0 fully saturated rings. The third-order valence-corrected chi connectivity index (χ3v) is 2.78. The molecule has 0 aromatic carbocycles. The molecule has 0 saturated heterocycles. The summed E-state index contributed by atoms with van der Waals surface area (Å²) in [5.74, 6) is 0. The predicted octanol–water partition coefficient (Wildman–Crippen LogP) is 4.11. The van der Waals surface area contributed by atoms with Gasteiger partial charge >= 0.3 is 0 Å². The fourth-order valence-electron chi connectivity index (χ4n) is 1.42. The maximum atomic E-state index is 4.62. The zero-order valence-electron chi connectivity index (χ0n) is 12.4. The van der Waals surface area contributed by atoms with Gasteiger partial charge in [0.2, 0.25) is 0 Å². The minimum Gasteiger partial charge on any atom is -0.264 e. The molecule has 0 aliphatic rings. The number of aliphatic imine (C=N–C) groups is 1. The molecule has 1 heterocycles. The van der Waals surface area contributed by atoms with Crippen molar-refractivity contribution in [1.82, 2.24) is 4.98 Å². The zero-order chi connectivity index (χ0) is 14.1. The molecule has 0 unspecified atom stereocenters. The first-order chi connectivity index (χ1) is 8.54. The Hall–Kier alpha value is -1.38. The van der Waals surface area contributed by atoms with Crippen molar-refractivity contribution in [1.29, 1.82) is 0 Å². The number of nitrogens with zero attached hydrogens (tertiary/aromatic N) is 2. The Bertz CT molecular complexity index is 434. The van der Waals surface area contributed by atoms with E-state index < -0.39 is 0 Å². The lowest BCUT2D eigenvalue weighted by Crippen LogP contribution is -1.97. The maximum absolute atomic E-state index is 4.62. The van der Waals surface area contributed by atoms with E-state index >= 15 is 0 Å². The van der Waals surface area contributed by atoms with E-state index in [-0.39, 0.29) is 0 Å². The van der Waals surface area contributed by atoms with E-state index in [1.807, 2.05) is 26.2 Å². The fourth-order valence-corrected chi connectivity index (χ4v) is 1.42. The predicted molar refractivity (Wildman–Crippen MR) is 81.5 cm³/mol. The Labute approximate surface area is 113 Å². The van der Waals surface area contributed by atoms with Crippen LogP contribution in [-0.2, 0) is 0 Å². The monoisotopic (exact) mass is 242 g/mol. The van der Waals surface area contributed by atoms with Crippen LogP contribution in [0.4, 0.5) is 0 Å². The Morgan fingerprint density at radius 1 is 1.22 bits per heavy atom. The highest BCUT2D eigenvalue weighted by Gasteiger charge is 1.99. The number of allylic oxidation sites excluding steroid dienone is 2. The van der Waals surface area contributed by atoms with E-state index in [0.29, 0.717) is 0 Å². The summed E-state index contributed by atoms with van der Waals surface area (Å²) in [4.78, 5) is 8.80. The van der Waals surface area contributed by atoms with Gasteiger partial charge in [-0.25, -0.2) is 0 Å². The molecule has 2 nitrogen and oxygen atoms in total. The van der Waals surface area contributed by atoms with Crippen molar-refractivity contribution in [3.63, 3.8) is 0 Å². The van der Waals surface area contributed by atoms with Crippen LogP contribution in [0, 0.1) is 6.92 Å². The van der Waals surface area contributed by atoms with Gasteiger partial charge in [-0.2, -0.15) is 0 Å². The summed E-state index contributed by atoms with van der Waals surface area (Å²) in [5.41, 5.74) is 5.74. The Morgan fingerprint density at radius 2 is 1.83 bits per heavy atom. The van der Waals surface area contributed by atoms with Crippen molar-refractivity contribution < 1.29 is 0 Å². The van der Waals surface area contributed by atoms with Crippen molar-refractivity contribution in [3.05, 3.63) is 40.9 Å². The topological polar surface area (TPSA) is 25.2 Å². The van der Waals surface area contributed by atoms with Gasteiger partial charge in [0.25, 0.3) is 0 Å². The third-order valence-electron chi connectivity index (χ3n) is 2.78. The number of rotatable bonds is 3. The Morgan fingerprint density at radius 3 is 2.33 bits per heavy atom. The molecule has 0 aliphatic carbocycles. The van der Waals surface area contributed by atoms with Crippen LogP contribution in [0.5, 0.6) is 0 Å². The Kier molecular flexibility index (Phi) is 8.01. The summed E-state index contributed by atoms with van der Waals surface area (Å²) in [6, 6.07) is 2.11. The van der Waals surface area contributed by atoms with Crippen LogP contribution < -0.4 is 0 Å². The lowest BCUT2D eigenvalue weighted by molar-refractivity contribution is 1.04. The van der Waals surface area contributed by atoms with Crippen LogP contribution in [0.2, 0.25) is 6.82 Å². The van der Waals surface area contributed by atoms with Gasteiger partial charge in [-0.1, -0.05) is 19.3 Å². The second-order valence-electron chi connectivity index (χ2n) is 4.17. The summed E-state index contributed by atoms with van der Waals surface area (Å²) in [5, 5.41) is 0. The second-order valence-corrected chi connectivity index (χ2v) is 4.17. The van der Waals surface area contributed by atoms with E-state index in [1.165, 1.54) is 18.0 Å². The molecule has 0 N–H and O–H groups in total. The van der Waals surface area contributed by atoms with Gasteiger partial charge in [-0.15, -0.1) is 0 Å². The smallest absolute Gasteiger partial charge is 0.0606 e. The van der Waals surface area contributed by atoms with E-state index in [9.17, 15) is 0 Å². The highest BCUT2D eigenvalue weighted by atomic mass is 14.8. The van der Waals surface area contributed by atoms with Gasteiger partial charge in [0.1, 0.15) is 0 Å². The third kappa shape index (κ3) is 5.30. The molecule has 0 atom stereocenters. The molecule has 0 bridgehead atoms. The molecule has 96 valence electrons. The molecule has 0 aliphatic heterocycles. The van der Waals surface area contributed by atoms with Gasteiger partial charge in [0, 0.05) is 29.4 Å². The molecule has 0 spiro atoms. The van der Waals surface area contributed by atoms with Crippen LogP contribution in [0.3, 0.4) is 0 Å². The normalized spacial score (nSPS) is 12.4. The summed E-state index contributed by atoms with van der Waals surface area (Å²) in [6.07, 6.45) is 4.77. The van der Waals surface area contributed by atoms with Gasteiger partial charge < -0.3 is 0 Å². The lowest BCUT2D eigenvalue weighted by Gasteiger charge is -2.04. The van der Waals surface area contributed by atoms with Crippen LogP contribution in [0.1, 0.15) is 45.2 Å². The molecule has 0 saturated carbocycles. The van der Waals surface area contributed by atoms with Crippen molar-refractivity contribution >= 4 is 13.6 Å². The maximum Gasteiger partial charge on any atom is 0.0606 e. The van der Waals surface area contributed by atoms with E-state index in [1.54, 1.807) is 0 Å². The Balaban J connectivity index is 0.00000137. The van der Waals surface area contributed by atoms with E-state index in [4.69, 9.17) is 0 Å². The molecule has 2 radical (unpaired) electrons. The molecular weight excluding hydrogens is 219 g/mol. The molecule has 18 heavy (non-hydrogen) atoms. The molecule has 1 aromatic rings. The van der Waals surface area contributed by atoms with Crippen molar-refractivity contribution in [2.75, 3.05) is 0 Å². The van der Waals surface area contributed by atoms with Crippen molar-refractivity contribution in [2.45, 2.75) is 47.9 Å². The van der Waals surface area contributed by atoms with Crippen LogP contribution in [0.15, 0.2) is 34.7 Å². The van der Waals surface area contributed by atoms with Gasteiger partial charge in [-0.05, 0) is 45.7 Å². The lowest BCUT2D eigenvalue weighted by atomic mass is 10.1. The average molecular weight is 242 g/mol. The SMILES string of the molecule is CC/C(C)=C(/C)N=C(C)c1cncc(C)c1.[B]C. The number of hydrogen-bond acceptors (Lipinski definition) is 2. The molecule has 1 aromatic heterocycles. The second kappa shape index (κ2) is 8.68. The zero-order valence-corrected chi connectivity index (χ0v) is 12.4. The standard InChI is InChI=1S/C14H20N2.CH3B/c1-6-11(3)12(4)16-13(5)14-7-10(2)8-15-9-14;1-2/h7-9H,6H2,1-5H3;1H3/b12-11-,16-13?;. The van der Waals surface area contributed by atoms with Crippen LogP contribution >= 0.6 is 0 Å². The highest BCUT2D eigenvalue weighted by molar-refractivity contribution is 6.05. The number of aryl methyl sites for hydroxylation is 1. The quantitative estimate of drug-likeness (QED) is 0.578. The number of aromatic nitrogens is 1. The van der Waals surface area contributed by atoms with Gasteiger partial charge in [0.15, 0.2) is 0 Å². The van der Waals surface area contributed by atoms with Crippen LogP contribution in [0.25, 0.3) is 0 Å². The molecule has 0 amide bonds. The van der Waals surface area contributed by atoms with Crippen molar-refractivity contribution in [3.8, 4) is 0 Å². The summed E-state index contributed by atoms with van der Waals surface area (Å²) in [7, 11) is 4.50.